The second kappa shape index (κ2) is 18.8. The molecule has 0 bridgehead atoms. The fraction of sp³-hybridized carbons (Fsp3) is 0.500. The second-order valence-corrected chi connectivity index (χ2v) is 24.2. The Balaban J connectivity index is 0.982. The van der Waals surface area contributed by atoms with Gasteiger partial charge in [0.1, 0.15) is 37.6 Å². The molecule has 17 heteroatoms. The maximum absolute atomic E-state index is 14.4. The Hall–Kier alpha value is -7.14. The number of hydrogen-bond donors (Lipinski definition) is 1. The van der Waals surface area contributed by atoms with Gasteiger partial charge in [0, 0.05) is 24.2 Å². The molecule has 0 spiro atoms. The molecule has 0 saturated heterocycles. The van der Waals surface area contributed by atoms with Gasteiger partial charge in [0.05, 0.1) is 39.0 Å². The van der Waals surface area contributed by atoms with Crippen LogP contribution in [0.15, 0.2) is 83.9 Å². The van der Waals surface area contributed by atoms with E-state index in [4.69, 9.17) is 14.2 Å². The Morgan fingerprint density at radius 2 is 1.05 bits per heavy atom. The van der Waals surface area contributed by atoms with Crippen LogP contribution in [0.5, 0.6) is 0 Å². The number of fused-ring (bicyclic) bond motifs is 8. The number of allylic oxidation sites excluding steroid dienone is 1. The van der Waals surface area contributed by atoms with E-state index in [1.807, 2.05) is 20.8 Å². The van der Waals surface area contributed by atoms with E-state index in [9.17, 15) is 53.1 Å². The maximum atomic E-state index is 14.4. The molecule has 1 N–H and O–H groups in total. The third kappa shape index (κ3) is 8.45. The zero-order chi connectivity index (χ0) is 55.5. The summed E-state index contributed by atoms with van der Waals surface area (Å²) in [6.45, 7) is 13.2. The average molecular weight is 1050 g/mol. The number of Topliss-reactive ketones (excluding diaryl/α,β-unsaturated/α-hetero) is 1. The highest BCUT2D eigenvalue weighted by Gasteiger charge is 2.70. The van der Waals surface area contributed by atoms with Crippen molar-refractivity contribution in [3.63, 3.8) is 0 Å². The molecule has 404 valence electrons. The molecule has 3 heterocycles. The van der Waals surface area contributed by atoms with E-state index in [-0.39, 0.29) is 63.8 Å². The molecule has 0 radical (unpaired) electrons. The summed E-state index contributed by atoms with van der Waals surface area (Å²) >= 11 is 0. The lowest BCUT2D eigenvalue weighted by atomic mass is 9.36. The summed E-state index contributed by atoms with van der Waals surface area (Å²) < 4.78 is 18.8. The largest absolute Gasteiger partial charge is 0.460 e. The summed E-state index contributed by atoms with van der Waals surface area (Å²) in [6.07, 6.45) is 0.0201. The van der Waals surface area contributed by atoms with Crippen molar-refractivity contribution < 1.29 is 67.3 Å². The van der Waals surface area contributed by atoms with E-state index in [2.05, 4.69) is 20.8 Å². The van der Waals surface area contributed by atoms with Crippen LogP contribution in [0.2, 0.25) is 0 Å². The first-order valence-corrected chi connectivity index (χ1v) is 26.6. The SMILES string of the molecule is C[C@H](C[C@H](OC(=O)CN1C(=O)c2ccccc2C1=O)[C@@H](OC(=O)CN1C(=O)c2ccccc2C1=O)C(C)(C)O)C1=C2C[C@H](OC(=O)CN3C(=O)c4ccccc4C3=O)[C@H]3[C@@]4(C)CCC(=O)C(C)(C)[C@@H]4CC[C@]3(C)[C@@]2(C)CC1. The first-order valence-electron chi connectivity index (χ1n) is 26.6. The van der Waals surface area contributed by atoms with Crippen molar-refractivity contribution in [3.8, 4) is 0 Å². The maximum Gasteiger partial charge on any atom is 0.326 e. The number of hydrogen-bond acceptors (Lipinski definition) is 14. The van der Waals surface area contributed by atoms with Gasteiger partial charge >= 0.3 is 17.9 Å². The number of rotatable bonds is 14. The van der Waals surface area contributed by atoms with Crippen LogP contribution >= 0.6 is 0 Å². The van der Waals surface area contributed by atoms with Gasteiger partial charge in [-0.15, -0.1) is 0 Å². The van der Waals surface area contributed by atoms with Crippen LogP contribution in [-0.4, -0.2) is 122 Å². The molecular weight excluding hydrogens is 987 g/mol. The normalized spacial score (nSPS) is 28.4. The molecule has 77 heavy (non-hydrogen) atoms. The summed E-state index contributed by atoms with van der Waals surface area (Å²) in [5.41, 5.74) is -1.21. The molecule has 17 nitrogen and oxygen atoms in total. The minimum atomic E-state index is -1.94. The van der Waals surface area contributed by atoms with E-state index in [1.54, 1.807) is 48.5 Å². The van der Waals surface area contributed by atoms with Crippen molar-refractivity contribution in [2.24, 2.45) is 39.4 Å². The van der Waals surface area contributed by atoms with Crippen molar-refractivity contribution in [1.82, 2.24) is 14.7 Å². The van der Waals surface area contributed by atoms with Gasteiger partial charge in [-0.3, -0.25) is 62.6 Å². The minimum Gasteiger partial charge on any atom is -0.460 e. The lowest BCUT2D eigenvalue weighted by Gasteiger charge is -2.69. The topological polar surface area (TPSA) is 228 Å². The van der Waals surface area contributed by atoms with Crippen molar-refractivity contribution in [2.75, 3.05) is 19.6 Å². The molecule has 3 saturated carbocycles. The Morgan fingerprint density at radius 1 is 0.623 bits per heavy atom. The molecule has 4 aliphatic carbocycles. The van der Waals surface area contributed by atoms with Crippen molar-refractivity contribution >= 4 is 59.1 Å². The number of nitrogens with zero attached hydrogens (tertiary/aromatic N) is 3. The Labute approximate surface area is 446 Å². The minimum absolute atomic E-state index is 0.0324. The van der Waals surface area contributed by atoms with Gasteiger partial charge in [0.15, 0.2) is 6.10 Å². The predicted molar refractivity (Wildman–Crippen MR) is 275 cm³/mol. The van der Waals surface area contributed by atoms with Crippen LogP contribution in [0.1, 0.15) is 169 Å². The summed E-state index contributed by atoms with van der Waals surface area (Å²) in [4.78, 5) is 139. The number of imide groups is 3. The molecule has 3 aromatic rings. The molecule has 3 aliphatic heterocycles. The van der Waals surface area contributed by atoms with Crippen LogP contribution in [-0.2, 0) is 33.4 Å². The molecule has 0 aromatic heterocycles. The third-order valence-electron chi connectivity index (χ3n) is 19.1. The number of ketones is 1. The highest BCUT2D eigenvalue weighted by molar-refractivity contribution is 6.23. The first kappa shape index (κ1) is 53.3. The van der Waals surface area contributed by atoms with Crippen molar-refractivity contribution in [2.45, 2.75) is 131 Å². The highest BCUT2D eigenvalue weighted by atomic mass is 16.6. The fourth-order valence-electron chi connectivity index (χ4n) is 15.3. The van der Waals surface area contributed by atoms with Crippen LogP contribution in [0.25, 0.3) is 0 Å². The standard InChI is InChI=1S/C60H65N3O14/c1-32(27-42(76-46(66)30-62-52(70)36-17-11-12-18-37(36)53(62)71)49(57(4,5)74)77-47(67)31-63-54(72)38-19-13-14-20-39(38)55(63)73)33-21-25-59(7)40(33)28-41(75-45(65)29-61-50(68)34-15-9-10-16-35(34)51(61)69)48-58(6)24-23-44(64)56(2,3)43(58)22-26-60(48,59)8/h9-20,32,41-43,48-49,74H,21-31H2,1-8H3/t32-,41+,42+,43+,48+,49-,58+,59+,60+/m1/s1. The monoisotopic (exact) mass is 1050 g/mol. The number of aliphatic hydroxyl groups is 1. The molecule has 3 fully saturated rings. The summed E-state index contributed by atoms with van der Waals surface area (Å²) in [6, 6.07) is 18.7. The quantitative estimate of drug-likeness (QED) is 0.0722. The number of carbonyl (C=O) groups excluding carboxylic acids is 10. The molecule has 0 unspecified atom stereocenters. The van der Waals surface area contributed by atoms with E-state index in [0.29, 0.717) is 32.1 Å². The number of carbonyl (C=O) groups is 10. The molecule has 10 rings (SSSR count). The first-order chi connectivity index (χ1) is 36.2. The van der Waals surface area contributed by atoms with E-state index < -0.39 is 124 Å². The van der Waals surface area contributed by atoms with Gasteiger partial charge in [-0.1, -0.05) is 89.1 Å². The second-order valence-electron chi connectivity index (χ2n) is 24.2. The Bertz CT molecular complexity index is 3040. The lowest BCUT2D eigenvalue weighted by molar-refractivity contribution is -0.218. The lowest BCUT2D eigenvalue weighted by Crippen LogP contribution is -2.66. The average Bonchev–Trinajstić information content (AvgIpc) is 4.22. The van der Waals surface area contributed by atoms with Gasteiger partial charge in [0.25, 0.3) is 35.4 Å². The van der Waals surface area contributed by atoms with Crippen LogP contribution in [0.3, 0.4) is 0 Å². The van der Waals surface area contributed by atoms with E-state index in [0.717, 1.165) is 32.3 Å². The molecular formula is C60H65N3O14. The van der Waals surface area contributed by atoms with Gasteiger partial charge < -0.3 is 19.3 Å². The van der Waals surface area contributed by atoms with Gasteiger partial charge in [-0.05, 0) is 117 Å². The van der Waals surface area contributed by atoms with Crippen LogP contribution in [0.4, 0.5) is 0 Å². The zero-order valence-electron chi connectivity index (χ0n) is 44.8. The Kier molecular flexibility index (Phi) is 13.0. The van der Waals surface area contributed by atoms with E-state index >= 15 is 0 Å². The number of amides is 6. The van der Waals surface area contributed by atoms with Gasteiger partial charge in [0.2, 0.25) is 0 Å². The summed E-state index contributed by atoms with van der Waals surface area (Å²) in [5, 5.41) is 11.9. The molecule has 9 atom stereocenters. The van der Waals surface area contributed by atoms with Gasteiger partial charge in [-0.2, -0.15) is 0 Å². The summed E-state index contributed by atoms with van der Waals surface area (Å²) in [5.74, 6) is -7.45. The highest BCUT2D eigenvalue weighted by Crippen LogP contribution is 2.74. The molecule has 6 amide bonds. The van der Waals surface area contributed by atoms with Crippen molar-refractivity contribution in [3.05, 3.63) is 117 Å². The van der Waals surface area contributed by atoms with Crippen molar-refractivity contribution in [1.29, 1.82) is 0 Å². The fourth-order valence-corrected chi connectivity index (χ4v) is 15.3. The van der Waals surface area contributed by atoms with E-state index in [1.165, 1.54) is 38.1 Å². The zero-order valence-corrected chi connectivity index (χ0v) is 44.8. The summed E-state index contributed by atoms with van der Waals surface area (Å²) in [7, 11) is 0. The third-order valence-corrected chi connectivity index (χ3v) is 19.1. The Morgan fingerprint density at radius 3 is 1.49 bits per heavy atom. The number of benzene rings is 3. The van der Waals surface area contributed by atoms with Crippen LogP contribution < -0.4 is 0 Å². The molecule has 3 aromatic carbocycles. The number of esters is 3. The molecule has 7 aliphatic rings. The number of ether oxygens (including phenoxy) is 3. The predicted octanol–water partition coefficient (Wildman–Crippen LogP) is 7.34. The van der Waals surface area contributed by atoms with Crippen LogP contribution in [0, 0.1) is 39.4 Å². The van der Waals surface area contributed by atoms with Gasteiger partial charge in [-0.25, -0.2) is 0 Å². The smallest absolute Gasteiger partial charge is 0.326 e.